The summed E-state index contributed by atoms with van der Waals surface area (Å²) in [6.45, 7) is 5.71. The van der Waals surface area contributed by atoms with Crippen LogP contribution in [0.25, 0.3) is 0 Å². The van der Waals surface area contributed by atoms with Crippen molar-refractivity contribution in [2.75, 3.05) is 13.1 Å². The van der Waals surface area contributed by atoms with E-state index in [0.717, 1.165) is 29.0 Å². The summed E-state index contributed by atoms with van der Waals surface area (Å²) >= 11 is 1.41. The molecule has 8 heteroatoms. The van der Waals surface area contributed by atoms with Crippen molar-refractivity contribution in [3.8, 4) is 0 Å². The van der Waals surface area contributed by atoms with Crippen LogP contribution in [-0.2, 0) is 18.4 Å². The number of carboxylic acids is 1. The monoisotopic (exact) mass is 362 g/mol. The predicted octanol–water partition coefficient (Wildman–Crippen LogP) is 2.80. The highest BCUT2D eigenvalue weighted by Gasteiger charge is 2.41. The second-order valence-electron chi connectivity index (χ2n) is 6.44. The maximum absolute atomic E-state index is 11.8. The molecule has 2 aromatic rings. The van der Waals surface area contributed by atoms with Gasteiger partial charge in [0.2, 0.25) is 0 Å². The molecule has 1 aliphatic heterocycles. The Balaban J connectivity index is 1.65. The van der Waals surface area contributed by atoms with E-state index in [1.165, 1.54) is 11.8 Å². The third-order valence-corrected chi connectivity index (χ3v) is 5.50. The molecule has 1 aliphatic rings. The fraction of sp³-hybridized carbons (Fsp3) is 0.471. The highest BCUT2D eigenvalue weighted by molar-refractivity contribution is 7.99. The van der Waals surface area contributed by atoms with Gasteiger partial charge in [0.25, 0.3) is 0 Å². The maximum Gasteiger partial charge on any atom is 0.311 e. The lowest BCUT2D eigenvalue weighted by Gasteiger charge is -2.39. The van der Waals surface area contributed by atoms with Gasteiger partial charge in [-0.1, -0.05) is 6.08 Å². The molecular formula is C17H22N4O3S. The van der Waals surface area contributed by atoms with Crippen LogP contribution in [0.4, 0.5) is 0 Å². The van der Waals surface area contributed by atoms with Crippen molar-refractivity contribution in [2.45, 2.75) is 36.1 Å². The van der Waals surface area contributed by atoms with Crippen molar-refractivity contribution >= 4 is 17.7 Å². The topological polar surface area (TPSA) is 84.4 Å². The third kappa shape index (κ3) is 3.96. The fourth-order valence-corrected chi connectivity index (χ4v) is 3.98. The number of aryl methyl sites for hydroxylation is 1. The van der Waals surface area contributed by atoms with Crippen LogP contribution in [0.2, 0.25) is 0 Å². The van der Waals surface area contributed by atoms with Crippen LogP contribution in [0.1, 0.15) is 25.0 Å². The Morgan fingerprint density at radius 1 is 1.56 bits per heavy atom. The average Bonchev–Trinajstić information content (AvgIpc) is 3.18. The zero-order chi connectivity index (χ0) is 17.9. The lowest BCUT2D eigenvalue weighted by atomic mass is 9.77. The minimum absolute atomic E-state index is 0.490. The number of aliphatic carboxylic acids is 1. The molecule has 2 aromatic heterocycles. The summed E-state index contributed by atoms with van der Waals surface area (Å²) in [4.78, 5) is 13.9. The van der Waals surface area contributed by atoms with Crippen LogP contribution in [0, 0.1) is 5.41 Å². The lowest BCUT2D eigenvalue weighted by molar-refractivity contribution is -0.152. The van der Waals surface area contributed by atoms with Crippen LogP contribution in [0.5, 0.6) is 0 Å². The van der Waals surface area contributed by atoms with Crippen molar-refractivity contribution < 1.29 is 14.3 Å². The van der Waals surface area contributed by atoms with Gasteiger partial charge in [0, 0.05) is 13.6 Å². The van der Waals surface area contributed by atoms with Crippen LogP contribution in [0.15, 0.2) is 45.8 Å². The first-order valence-corrected chi connectivity index (χ1v) is 9.01. The number of nitrogens with zero attached hydrogens (tertiary/aromatic N) is 4. The molecule has 0 bridgehead atoms. The maximum atomic E-state index is 11.8. The number of likely N-dealkylation sites (tertiary alicyclic amines) is 1. The average molecular weight is 362 g/mol. The number of carboxylic acid groups (broad SMARTS) is 1. The summed E-state index contributed by atoms with van der Waals surface area (Å²) < 4.78 is 7.70. The Kier molecular flexibility index (Phi) is 5.29. The van der Waals surface area contributed by atoms with Gasteiger partial charge in [-0.2, -0.15) is 0 Å². The number of hydrogen-bond acceptors (Lipinski definition) is 6. The molecule has 0 unspecified atom stereocenters. The van der Waals surface area contributed by atoms with Gasteiger partial charge in [-0.05, 0) is 49.7 Å². The summed E-state index contributed by atoms with van der Waals surface area (Å²) in [6.07, 6.45) is 5.40. The van der Waals surface area contributed by atoms with Gasteiger partial charge >= 0.3 is 5.97 Å². The Labute approximate surface area is 150 Å². The van der Waals surface area contributed by atoms with E-state index in [2.05, 4.69) is 21.7 Å². The van der Waals surface area contributed by atoms with Gasteiger partial charge < -0.3 is 14.1 Å². The number of aromatic nitrogens is 3. The molecule has 1 fully saturated rings. The van der Waals surface area contributed by atoms with E-state index in [-0.39, 0.29) is 0 Å². The highest BCUT2D eigenvalue weighted by atomic mass is 32.2. The summed E-state index contributed by atoms with van der Waals surface area (Å²) in [6, 6.07) is 3.84. The number of rotatable bonds is 7. The van der Waals surface area contributed by atoms with E-state index in [4.69, 9.17) is 4.42 Å². The second kappa shape index (κ2) is 7.45. The van der Waals surface area contributed by atoms with Crippen molar-refractivity contribution in [3.05, 3.63) is 36.9 Å². The largest absolute Gasteiger partial charge is 0.481 e. The first kappa shape index (κ1) is 17.8. The molecule has 3 rings (SSSR count). The summed E-state index contributed by atoms with van der Waals surface area (Å²) in [5, 5.41) is 19.0. The van der Waals surface area contributed by atoms with E-state index in [9.17, 15) is 9.90 Å². The van der Waals surface area contributed by atoms with Crippen LogP contribution < -0.4 is 0 Å². The van der Waals surface area contributed by atoms with E-state index in [0.29, 0.717) is 25.9 Å². The minimum Gasteiger partial charge on any atom is -0.481 e. The quantitative estimate of drug-likeness (QED) is 0.758. The van der Waals surface area contributed by atoms with Gasteiger partial charge in [0.15, 0.2) is 10.2 Å². The molecule has 0 spiro atoms. The molecule has 134 valence electrons. The van der Waals surface area contributed by atoms with Crippen molar-refractivity contribution in [1.29, 1.82) is 0 Å². The van der Waals surface area contributed by atoms with Crippen molar-refractivity contribution in [1.82, 2.24) is 19.7 Å². The van der Waals surface area contributed by atoms with Crippen LogP contribution in [-0.4, -0.2) is 43.8 Å². The van der Waals surface area contributed by atoms with Gasteiger partial charge in [0.1, 0.15) is 12.1 Å². The molecule has 0 aromatic carbocycles. The molecule has 1 saturated heterocycles. The van der Waals surface area contributed by atoms with Gasteiger partial charge in [-0.15, -0.1) is 16.8 Å². The molecular weight excluding hydrogens is 340 g/mol. The van der Waals surface area contributed by atoms with Gasteiger partial charge in [-0.25, -0.2) is 0 Å². The highest BCUT2D eigenvalue weighted by Crippen LogP contribution is 2.35. The van der Waals surface area contributed by atoms with Crippen LogP contribution in [0.3, 0.4) is 0 Å². The molecule has 0 radical (unpaired) electrons. The Morgan fingerprint density at radius 2 is 2.40 bits per heavy atom. The van der Waals surface area contributed by atoms with Gasteiger partial charge in [-0.3, -0.25) is 9.69 Å². The number of piperidine rings is 1. The first-order chi connectivity index (χ1) is 12.0. The Bertz CT molecular complexity index is 757. The molecule has 0 aliphatic carbocycles. The minimum atomic E-state index is -0.741. The number of allylic oxidation sites excluding steroid dienone is 1. The lowest BCUT2D eigenvalue weighted by Crippen LogP contribution is -2.47. The molecule has 1 atom stereocenters. The summed E-state index contributed by atoms with van der Waals surface area (Å²) in [5.41, 5.74) is -0.733. The number of carbonyl (C=O) groups is 1. The van der Waals surface area contributed by atoms with E-state index in [1.807, 2.05) is 23.7 Å². The van der Waals surface area contributed by atoms with Crippen molar-refractivity contribution in [3.63, 3.8) is 0 Å². The molecule has 0 saturated carbocycles. The fourth-order valence-electron chi connectivity index (χ4n) is 3.24. The summed E-state index contributed by atoms with van der Waals surface area (Å²) in [5.74, 6) is 0.0829. The van der Waals surface area contributed by atoms with E-state index in [1.54, 1.807) is 12.4 Å². The number of furan rings is 1. The first-order valence-electron chi connectivity index (χ1n) is 8.20. The third-order valence-electron chi connectivity index (χ3n) is 4.52. The Hall–Kier alpha value is -2.06. The number of hydrogen-bond donors (Lipinski definition) is 1. The summed E-state index contributed by atoms with van der Waals surface area (Å²) in [7, 11) is 1.88. The van der Waals surface area contributed by atoms with Crippen molar-refractivity contribution in [2.24, 2.45) is 12.5 Å². The predicted molar refractivity (Wildman–Crippen MR) is 93.2 cm³/mol. The zero-order valence-corrected chi connectivity index (χ0v) is 15.0. The van der Waals surface area contributed by atoms with Crippen LogP contribution >= 0.6 is 11.8 Å². The molecule has 1 N–H and O–H groups in total. The second-order valence-corrected chi connectivity index (χ2v) is 7.41. The zero-order valence-electron chi connectivity index (χ0n) is 14.2. The molecule has 0 amide bonds. The standard InChI is InChI=1S/C17H22N4O3S/c1-3-7-17(15(22)23)8-4-9-21(11-17)10-13-5-6-14(24-13)25-16-19-18-12-20(16)2/h3,5-6,12H,1,4,7-11H2,2H3,(H,22,23)/t17-/m0/s1. The van der Waals surface area contributed by atoms with E-state index < -0.39 is 11.4 Å². The molecule has 3 heterocycles. The molecule has 25 heavy (non-hydrogen) atoms. The van der Waals surface area contributed by atoms with E-state index >= 15 is 0 Å². The Morgan fingerprint density at radius 3 is 3.08 bits per heavy atom. The SMILES string of the molecule is C=CC[C@]1(C(=O)O)CCCN(Cc2ccc(Sc3nncn3C)o2)C1. The molecule has 7 nitrogen and oxygen atoms in total. The van der Waals surface area contributed by atoms with Gasteiger partial charge in [0.05, 0.1) is 12.0 Å². The smallest absolute Gasteiger partial charge is 0.311 e. The normalized spacial score (nSPS) is 21.3.